The maximum absolute atomic E-state index is 13.5. The van der Waals surface area contributed by atoms with Gasteiger partial charge in [-0.3, -0.25) is 9.59 Å². The third-order valence-corrected chi connectivity index (χ3v) is 5.70. The van der Waals surface area contributed by atoms with Crippen LogP contribution in [0.2, 0.25) is 0 Å². The molecule has 0 atom stereocenters. The molecular weight excluding hydrogens is 441 g/mol. The Bertz CT molecular complexity index is 1280. The Morgan fingerprint density at radius 3 is 2.70 bits per heavy atom. The number of hydrogen-bond acceptors (Lipinski definition) is 5. The number of amides is 2. The molecule has 2 aromatic heterocycles. The first kappa shape index (κ1) is 22.2. The Morgan fingerprint density at radius 1 is 1.06 bits per heavy atom. The lowest BCUT2D eigenvalue weighted by Gasteiger charge is -2.20. The largest absolute Gasteiger partial charge is 0.439 e. The summed E-state index contributed by atoms with van der Waals surface area (Å²) in [4.78, 5) is 32.0. The van der Waals surface area contributed by atoms with E-state index in [0.29, 0.717) is 27.4 Å². The lowest BCUT2D eigenvalue weighted by Crippen LogP contribution is -2.30. The van der Waals surface area contributed by atoms with Gasteiger partial charge in [0.15, 0.2) is 0 Å². The summed E-state index contributed by atoms with van der Waals surface area (Å²) in [5, 5.41) is 4.68. The van der Waals surface area contributed by atoms with Crippen molar-refractivity contribution in [1.82, 2.24) is 10.3 Å². The van der Waals surface area contributed by atoms with Gasteiger partial charge in [-0.2, -0.15) is 0 Å². The zero-order chi connectivity index (χ0) is 23.2. The van der Waals surface area contributed by atoms with E-state index in [9.17, 15) is 14.0 Å². The van der Waals surface area contributed by atoms with Crippen molar-refractivity contribution in [2.75, 3.05) is 11.9 Å². The van der Waals surface area contributed by atoms with Crippen LogP contribution in [0.5, 0.6) is 11.6 Å². The number of carbonyl (C=O) groups is 2. The number of pyridine rings is 1. The van der Waals surface area contributed by atoms with Gasteiger partial charge in [0.2, 0.25) is 5.88 Å². The smallest absolute Gasteiger partial charge is 0.268 e. The first-order valence-electron chi connectivity index (χ1n) is 10.1. The number of benzene rings is 2. The number of hydrogen-bond donors (Lipinski definition) is 1. The maximum atomic E-state index is 13.5. The van der Waals surface area contributed by atoms with Crippen LogP contribution in [0.3, 0.4) is 0 Å². The summed E-state index contributed by atoms with van der Waals surface area (Å²) >= 11 is 1.34. The van der Waals surface area contributed by atoms with Crippen LogP contribution in [0.15, 0.2) is 84.4 Å². The van der Waals surface area contributed by atoms with Gasteiger partial charge >= 0.3 is 0 Å². The summed E-state index contributed by atoms with van der Waals surface area (Å²) < 4.78 is 19.2. The molecular formula is C25H20FN3O3S. The molecule has 0 unspecified atom stereocenters. The van der Waals surface area contributed by atoms with Crippen molar-refractivity contribution >= 4 is 28.8 Å². The molecule has 6 nitrogen and oxygen atoms in total. The molecule has 8 heteroatoms. The molecule has 0 saturated heterocycles. The Balaban J connectivity index is 1.50. The number of carbonyl (C=O) groups excluding carboxylic acids is 2. The standard InChI is InChI=1S/C25H20FN3O3S/c1-29(25(31)22-12-6-14-33-22)21-11-3-2-10-20(21)23(30)28-16-17-7-5-13-27-24(17)32-19-9-4-8-18(26)15-19/h2-15H,16H2,1H3,(H,28,30). The van der Waals surface area contributed by atoms with E-state index in [1.165, 1.54) is 28.4 Å². The fraction of sp³-hybridized carbons (Fsp3) is 0.0800. The van der Waals surface area contributed by atoms with E-state index in [1.807, 2.05) is 11.4 Å². The van der Waals surface area contributed by atoms with Crippen LogP contribution in [0.1, 0.15) is 25.6 Å². The number of thiophene rings is 1. The quantitative estimate of drug-likeness (QED) is 0.406. The number of halogens is 1. The Morgan fingerprint density at radius 2 is 1.91 bits per heavy atom. The predicted octanol–water partition coefficient (Wildman–Crippen LogP) is 5.28. The number of nitrogens with zero attached hydrogens (tertiary/aromatic N) is 2. The van der Waals surface area contributed by atoms with Gasteiger partial charge < -0.3 is 15.0 Å². The van der Waals surface area contributed by atoms with Crippen molar-refractivity contribution in [2.24, 2.45) is 0 Å². The zero-order valence-corrected chi connectivity index (χ0v) is 18.5. The normalized spacial score (nSPS) is 10.5. The molecule has 0 saturated carbocycles. The molecule has 4 rings (SSSR count). The molecule has 2 heterocycles. The molecule has 0 aliphatic carbocycles. The minimum atomic E-state index is -0.420. The molecule has 4 aromatic rings. The van der Waals surface area contributed by atoms with Gasteiger partial charge in [0, 0.05) is 31.4 Å². The van der Waals surface area contributed by atoms with Gasteiger partial charge in [-0.25, -0.2) is 9.37 Å². The summed E-state index contributed by atoms with van der Waals surface area (Å²) in [5.74, 6) is -0.390. The van der Waals surface area contributed by atoms with Crippen LogP contribution < -0.4 is 15.0 Å². The summed E-state index contributed by atoms with van der Waals surface area (Å²) in [6.07, 6.45) is 1.56. The third-order valence-electron chi connectivity index (χ3n) is 4.85. The lowest BCUT2D eigenvalue weighted by atomic mass is 10.1. The van der Waals surface area contributed by atoms with Crippen molar-refractivity contribution in [2.45, 2.75) is 6.54 Å². The fourth-order valence-electron chi connectivity index (χ4n) is 3.20. The van der Waals surface area contributed by atoms with Gasteiger partial charge in [-0.15, -0.1) is 11.3 Å². The molecule has 166 valence electrons. The molecule has 0 bridgehead atoms. The molecule has 0 aliphatic rings. The number of aromatic nitrogens is 1. The van der Waals surface area contributed by atoms with E-state index in [2.05, 4.69) is 10.3 Å². The Kier molecular flexibility index (Phi) is 6.75. The molecule has 0 aliphatic heterocycles. The summed E-state index contributed by atoms with van der Waals surface area (Å²) in [7, 11) is 1.64. The molecule has 33 heavy (non-hydrogen) atoms. The summed E-state index contributed by atoms with van der Waals surface area (Å²) in [6, 6.07) is 19.7. The number of para-hydroxylation sites is 1. The van der Waals surface area contributed by atoms with E-state index in [-0.39, 0.29) is 24.2 Å². The second kappa shape index (κ2) is 10.1. The van der Waals surface area contributed by atoms with Crippen LogP contribution in [-0.4, -0.2) is 23.8 Å². The molecule has 2 aromatic carbocycles. The van der Waals surface area contributed by atoms with Crippen molar-refractivity contribution in [3.8, 4) is 11.6 Å². The Hall–Kier alpha value is -4.04. The van der Waals surface area contributed by atoms with Gasteiger partial charge in [0.1, 0.15) is 11.6 Å². The van der Waals surface area contributed by atoms with Gasteiger partial charge in [0.25, 0.3) is 11.8 Å². The van der Waals surface area contributed by atoms with Gasteiger partial charge in [0.05, 0.1) is 16.1 Å². The van der Waals surface area contributed by atoms with Crippen LogP contribution in [0, 0.1) is 5.82 Å². The minimum Gasteiger partial charge on any atom is -0.439 e. The van der Waals surface area contributed by atoms with E-state index >= 15 is 0 Å². The van der Waals surface area contributed by atoms with Crippen molar-refractivity contribution < 1.29 is 18.7 Å². The molecule has 0 spiro atoms. The van der Waals surface area contributed by atoms with E-state index in [4.69, 9.17) is 4.74 Å². The highest BCUT2D eigenvalue weighted by atomic mass is 32.1. The second-order valence-corrected chi connectivity index (χ2v) is 8.02. The topological polar surface area (TPSA) is 71.5 Å². The molecule has 2 amide bonds. The van der Waals surface area contributed by atoms with Gasteiger partial charge in [-0.1, -0.05) is 30.3 Å². The highest BCUT2D eigenvalue weighted by Crippen LogP contribution is 2.25. The number of ether oxygens (including phenoxy) is 1. The highest BCUT2D eigenvalue weighted by molar-refractivity contribution is 7.12. The van der Waals surface area contributed by atoms with Crippen LogP contribution in [0.4, 0.5) is 10.1 Å². The summed E-state index contributed by atoms with van der Waals surface area (Å²) in [6.45, 7) is 0.133. The first-order valence-corrected chi connectivity index (χ1v) is 11.0. The molecule has 1 N–H and O–H groups in total. The molecule has 0 radical (unpaired) electrons. The van der Waals surface area contributed by atoms with Crippen LogP contribution >= 0.6 is 11.3 Å². The maximum Gasteiger partial charge on any atom is 0.268 e. The molecule has 0 fully saturated rings. The average molecular weight is 462 g/mol. The Labute approximate surface area is 194 Å². The minimum absolute atomic E-state index is 0.133. The zero-order valence-electron chi connectivity index (χ0n) is 17.7. The van der Waals surface area contributed by atoms with Crippen molar-refractivity contribution in [3.05, 3.63) is 106 Å². The number of nitrogens with one attached hydrogen (secondary N) is 1. The monoisotopic (exact) mass is 461 g/mol. The SMILES string of the molecule is CN(C(=O)c1cccs1)c1ccccc1C(=O)NCc1cccnc1Oc1cccc(F)c1. The summed E-state index contributed by atoms with van der Waals surface area (Å²) in [5.41, 5.74) is 1.48. The van der Waals surface area contributed by atoms with Gasteiger partial charge in [-0.05, 0) is 41.8 Å². The number of anilines is 1. The second-order valence-electron chi connectivity index (χ2n) is 7.07. The van der Waals surface area contributed by atoms with Crippen LogP contribution in [0.25, 0.3) is 0 Å². The number of rotatable bonds is 7. The fourth-order valence-corrected chi connectivity index (χ4v) is 3.90. The van der Waals surface area contributed by atoms with Crippen molar-refractivity contribution in [3.63, 3.8) is 0 Å². The van der Waals surface area contributed by atoms with E-state index < -0.39 is 5.82 Å². The third kappa shape index (κ3) is 5.24. The van der Waals surface area contributed by atoms with E-state index in [0.717, 1.165) is 0 Å². The highest BCUT2D eigenvalue weighted by Gasteiger charge is 2.20. The average Bonchev–Trinajstić information content (AvgIpc) is 3.37. The van der Waals surface area contributed by atoms with Crippen LogP contribution in [-0.2, 0) is 6.54 Å². The predicted molar refractivity (Wildman–Crippen MR) is 125 cm³/mol. The van der Waals surface area contributed by atoms with E-state index in [1.54, 1.807) is 67.8 Å². The lowest BCUT2D eigenvalue weighted by molar-refractivity contribution is 0.0951. The van der Waals surface area contributed by atoms with Crippen molar-refractivity contribution in [1.29, 1.82) is 0 Å². The first-order chi connectivity index (χ1) is 16.0.